The Kier molecular flexibility index (Phi) is 7.78. The first kappa shape index (κ1) is 23.9. The predicted molar refractivity (Wildman–Crippen MR) is 125 cm³/mol. The van der Waals surface area contributed by atoms with Crippen molar-refractivity contribution in [2.24, 2.45) is 11.8 Å². The lowest BCUT2D eigenvalue weighted by Crippen LogP contribution is -2.42. The van der Waals surface area contributed by atoms with Crippen molar-refractivity contribution in [3.05, 3.63) is 52.0 Å². The van der Waals surface area contributed by atoms with E-state index >= 15 is 0 Å². The lowest BCUT2D eigenvalue weighted by atomic mass is 9.89. The molecule has 3 heterocycles. The minimum absolute atomic E-state index is 0.0329. The average molecular weight is 494 g/mol. The van der Waals surface area contributed by atoms with Crippen molar-refractivity contribution < 1.29 is 14.0 Å². The summed E-state index contributed by atoms with van der Waals surface area (Å²) in [4.78, 5) is 36.0. The fourth-order valence-electron chi connectivity index (χ4n) is 4.73. The van der Waals surface area contributed by atoms with Crippen LogP contribution in [0.25, 0.3) is 0 Å². The number of hydrogen-bond acceptors (Lipinski definition) is 6. The van der Waals surface area contributed by atoms with Crippen LogP contribution in [0, 0.1) is 17.7 Å². The second-order valence-corrected chi connectivity index (χ2v) is 9.45. The third-order valence-corrected chi connectivity index (χ3v) is 7.28. The third kappa shape index (κ3) is 5.80. The van der Waals surface area contributed by atoms with Crippen LogP contribution in [-0.2, 0) is 9.59 Å². The molecule has 1 amide bonds. The lowest BCUT2D eigenvalue weighted by molar-refractivity contribution is -0.136. The first-order valence-corrected chi connectivity index (χ1v) is 11.8. The molecule has 0 aliphatic carbocycles. The van der Waals surface area contributed by atoms with E-state index in [1.165, 1.54) is 0 Å². The van der Waals surface area contributed by atoms with E-state index in [1.54, 1.807) is 6.07 Å². The zero-order valence-electron chi connectivity index (χ0n) is 18.1. The van der Waals surface area contributed by atoms with Gasteiger partial charge in [-0.15, -0.1) is 0 Å². The quantitative estimate of drug-likeness (QED) is 0.594. The molecule has 2 aliphatic rings. The van der Waals surface area contributed by atoms with Gasteiger partial charge in [0.2, 0.25) is 11.9 Å². The van der Waals surface area contributed by atoms with E-state index in [2.05, 4.69) is 20.2 Å². The number of nitrogens with zero attached hydrogens (tertiary/aromatic N) is 4. The van der Waals surface area contributed by atoms with Gasteiger partial charge in [-0.2, -0.15) is 0 Å². The molecular formula is C23H26Cl2FN5O2. The maximum atomic E-state index is 13.3. The smallest absolute Gasteiger partial charge is 0.225 e. The number of hydrogen-bond donors (Lipinski definition) is 1. The molecular weight excluding hydrogens is 468 g/mol. The molecule has 176 valence electrons. The van der Waals surface area contributed by atoms with Gasteiger partial charge in [0.25, 0.3) is 0 Å². The lowest BCUT2D eigenvalue weighted by Gasteiger charge is -2.32. The Morgan fingerprint density at radius 2 is 1.88 bits per heavy atom. The van der Waals surface area contributed by atoms with Gasteiger partial charge in [0, 0.05) is 37.4 Å². The Morgan fingerprint density at radius 1 is 1.15 bits per heavy atom. The number of carbonyl (C=O) groups is 2. The van der Waals surface area contributed by atoms with E-state index in [-0.39, 0.29) is 23.7 Å². The molecule has 10 heteroatoms. The van der Waals surface area contributed by atoms with Gasteiger partial charge in [0.15, 0.2) is 5.82 Å². The normalized spacial score (nSPS) is 21.8. The Labute approximate surface area is 202 Å². The van der Waals surface area contributed by atoms with Gasteiger partial charge in [0.1, 0.15) is 6.29 Å². The van der Waals surface area contributed by atoms with Gasteiger partial charge in [-0.25, -0.2) is 14.4 Å². The molecule has 0 radical (unpaired) electrons. The minimum Gasteiger partial charge on any atom is -0.354 e. The van der Waals surface area contributed by atoms with E-state index < -0.39 is 5.82 Å². The average Bonchev–Trinajstić information content (AvgIpc) is 3.25. The minimum atomic E-state index is -0.494. The zero-order valence-corrected chi connectivity index (χ0v) is 19.6. The largest absolute Gasteiger partial charge is 0.354 e. The molecule has 2 aliphatic heterocycles. The summed E-state index contributed by atoms with van der Waals surface area (Å²) in [5.74, 6) is 0.130. The highest BCUT2D eigenvalue weighted by Crippen LogP contribution is 2.37. The maximum Gasteiger partial charge on any atom is 0.225 e. The number of aromatic nitrogens is 2. The molecule has 7 nitrogen and oxygen atoms in total. The summed E-state index contributed by atoms with van der Waals surface area (Å²) in [6.45, 7) is 3.63. The standard InChI is InChI=1S/C23H26Cl2FN5O2/c24-20-2-1-16(9-21(20)25)19-14-31(22(33)15-3-5-30(6-4-15)7-8-32)13-17(19)10-27-23-28-11-18(26)12-29-23/h1-2,8-9,11-12,15,17,19H,3-7,10,13-14H2,(H,27,28,29). The molecule has 2 fully saturated rings. The van der Waals surface area contributed by atoms with Crippen LogP contribution in [0.15, 0.2) is 30.6 Å². The third-order valence-electron chi connectivity index (χ3n) is 6.54. The van der Waals surface area contributed by atoms with Crippen molar-refractivity contribution in [2.45, 2.75) is 18.8 Å². The molecule has 0 bridgehead atoms. The zero-order chi connectivity index (χ0) is 23.4. The number of amides is 1. The molecule has 2 aromatic rings. The van der Waals surface area contributed by atoms with Crippen molar-refractivity contribution >= 4 is 41.3 Å². The summed E-state index contributed by atoms with van der Waals surface area (Å²) in [6.07, 6.45) is 4.66. The molecule has 4 rings (SSSR count). The van der Waals surface area contributed by atoms with E-state index in [9.17, 15) is 14.0 Å². The number of piperidine rings is 1. The Morgan fingerprint density at radius 3 is 2.55 bits per heavy atom. The van der Waals surface area contributed by atoms with Crippen molar-refractivity contribution in [2.75, 3.05) is 44.6 Å². The van der Waals surface area contributed by atoms with Gasteiger partial charge in [0.05, 0.1) is 29.0 Å². The first-order valence-electron chi connectivity index (χ1n) is 11.1. The van der Waals surface area contributed by atoms with Crippen molar-refractivity contribution in [1.82, 2.24) is 19.8 Å². The van der Waals surface area contributed by atoms with Crippen LogP contribution in [0.3, 0.4) is 0 Å². The topological polar surface area (TPSA) is 78.4 Å². The molecule has 33 heavy (non-hydrogen) atoms. The number of nitrogens with one attached hydrogen (secondary N) is 1. The fourth-order valence-corrected chi connectivity index (χ4v) is 5.04. The molecule has 2 unspecified atom stereocenters. The monoisotopic (exact) mass is 493 g/mol. The highest BCUT2D eigenvalue weighted by atomic mass is 35.5. The highest BCUT2D eigenvalue weighted by molar-refractivity contribution is 6.42. The molecule has 0 spiro atoms. The summed E-state index contributed by atoms with van der Waals surface area (Å²) in [5, 5.41) is 4.14. The second kappa shape index (κ2) is 10.8. The summed E-state index contributed by atoms with van der Waals surface area (Å²) in [7, 11) is 0. The number of anilines is 1. The number of halogens is 3. The predicted octanol–water partition coefficient (Wildman–Crippen LogP) is 3.49. The summed E-state index contributed by atoms with van der Waals surface area (Å²) in [5.41, 5.74) is 1.02. The first-order chi connectivity index (χ1) is 15.9. The van der Waals surface area contributed by atoms with E-state index in [1.807, 2.05) is 17.0 Å². The Balaban J connectivity index is 1.46. The van der Waals surface area contributed by atoms with Crippen LogP contribution in [0.4, 0.5) is 10.3 Å². The van der Waals surface area contributed by atoms with E-state index in [4.69, 9.17) is 23.2 Å². The Hall–Kier alpha value is -2.29. The summed E-state index contributed by atoms with van der Waals surface area (Å²) in [6, 6.07) is 5.59. The van der Waals surface area contributed by atoms with E-state index in [0.717, 1.165) is 50.2 Å². The van der Waals surface area contributed by atoms with Crippen LogP contribution >= 0.6 is 23.2 Å². The fraction of sp³-hybridized carbons (Fsp3) is 0.478. The van der Waals surface area contributed by atoms with Crippen LogP contribution in [0.5, 0.6) is 0 Å². The second-order valence-electron chi connectivity index (χ2n) is 8.63. The van der Waals surface area contributed by atoms with Crippen molar-refractivity contribution in [1.29, 1.82) is 0 Å². The van der Waals surface area contributed by atoms with Crippen LogP contribution in [0.2, 0.25) is 10.0 Å². The highest BCUT2D eigenvalue weighted by Gasteiger charge is 2.39. The molecule has 2 saturated heterocycles. The molecule has 1 aromatic heterocycles. The Bertz CT molecular complexity index is 985. The van der Waals surface area contributed by atoms with Gasteiger partial charge >= 0.3 is 0 Å². The van der Waals surface area contributed by atoms with Crippen molar-refractivity contribution in [3.63, 3.8) is 0 Å². The van der Waals surface area contributed by atoms with Gasteiger partial charge in [-0.05, 0) is 43.6 Å². The van der Waals surface area contributed by atoms with E-state index in [0.29, 0.717) is 42.2 Å². The number of likely N-dealkylation sites (tertiary alicyclic amines) is 2. The SMILES string of the molecule is O=CCN1CCC(C(=O)N2CC(CNc3ncc(F)cn3)C(c3ccc(Cl)c(Cl)c3)C2)CC1. The van der Waals surface area contributed by atoms with Gasteiger partial charge in [-0.3, -0.25) is 9.69 Å². The number of carbonyl (C=O) groups excluding carboxylic acids is 2. The van der Waals surface area contributed by atoms with Gasteiger partial charge in [-0.1, -0.05) is 29.3 Å². The molecule has 2 atom stereocenters. The van der Waals surface area contributed by atoms with Crippen LogP contribution < -0.4 is 5.32 Å². The summed E-state index contributed by atoms with van der Waals surface area (Å²) < 4.78 is 13.1. The maximum absolute atomic E-state index is 13.3. The van der Waals surface area contributed by atoms with Gasteiger partial charge < -0.3 is 15.0 Å². The van der Waals surface area contributed by atoms with Crippen molar-refractivity contribution in [3.8, 4) is 0 Å². The number of aldehydes is 1. The molecule has 0 saturated carbocycles. The van der Waals surface area contributed by atoms with Crippen LogP contribution in [-0.4, -0.2) is 71.2 Å². The molecule has 1 aromatic carbocycles. The van der Waals surface area contributed by atoms with Crippen LogP contribution in [0.1, 0.15) is 24.3 Å². The number of benzene rings is 1. The number of rotatable bonds is 7. The molecule has 1 N–H and O–H groups in total. The summed E-state index contributed by atoms with van der Waals surface area (Å²) >= 11 is 12.4.